The van der Waals surface area contributed by atoms with Gasteiger partial charge in [0.05, 0.1) is 22.9 Å². The van der Waals surface area contributed by atoms with Crippen molar-refractivity contribution in [2.24, 2.45) is 0 Å². The summed E-state index contributed by atoms with van der Waals surface area (Å²) < 4.78 is 6.20. The number of amides is 1. The average Bonchev–Trinajstić information content (AvgIpc) is 2.50. The second kappa shape index (κ2) is 7.70. The van der Waals surface area contributed by atoms with Crippen LogP contribution in [0, 0.1) is 6.92 Å². The fourth-order valence-corrected chi connectivity index (χ4v) is 3.48. The third kappa shape index (κ3) is 4.27. The van der Waals surface area contributed by atoms with E-state index in [-0.39, 0.29) is 11.2 Å². The second-order valence-corrected chi connectivity index (χ2v) is 7.12. The molecule has 22 heavy (non-hydrogen) atoms. The van der Waals surface area contributed by atoms with E-state index in [1.165, 1.54) is 11.8 Å². The average molecular weight is 380 g/mol. The van der Waals surface area contributed by atoms with E-state index >= 15 is 0 Å². The number of carbonyl (C=O) groups excluding carboxylic acids is 1. The van der Waals surface area contributed by atoms with Crippen LogP contribution in [0.2, 0.25) is 0 Å². The lowest BCUT2D eigenvalue weighted by molar-refractivity contribution is -0.115. The standard InChI is InChI=1S/C17H18BrNO2S/c1-11-8-9-14(13(18)10-11)19-17(20)12(2)22-16-7-5-4-6-15(16)21-3/h4-10,12H,1-3H3,(H,19,20). The topological polar surface area (TPSA) is 38.3 Å². The Bertz CT molecular complexity index is 675. The highest BCUT2D eigenvalue weighted by Crippen LogP contribution is 2.32. The van der Waals surface area contributed by atoms with Crippen molar-refractivity contribution in [2.45, 2.75) is 24.0 Å². The van der Waals surface area contributed by atoms with Crippen LogP contribution in [0.4, 0.5) is 5.69 Å². The van der Waals surface area contributed by atoms with Gasteiger partial charge in [-0.15, -0.1) is 11.8 Å². The molecule has 0 bridgehead atoms. The van der Waals surface area contributed by atoms with Crippen LogP contribution in [0.1, 0.15) is 12.5 Å². The zero-order valence-electron chi connectivity index (χ0n) is 12.7. The first kappa shape index (κ1) is 16.9. The summed E-state index contributed by atoms with van der Waals surface area (Å²) >= 11 is 4.95. The Morgan fingerprint density at radius 3 is 2.68 bits per heavy atom. The van der Waals surface area contributed by atoms with E-state index in [0.29, 0.717) is 0 Å². The Labute approximate surface area is 143 Å². The lowest BCUT2D eigenvalue weighted by Gasteiger charge is -2.15. The molecule has 5 heteroatoms. The van der Waals surface area contributed by atoms with Crippen LogP contribution in [0.3, 0.4) is 0 Å². The second-order valence-electron chi connectivity index (χ2n) is 4.88. The van der Waals surface area contributed by atoms with Crippen molar-refractivity contribution in [2.75, 3.05) is 12.4 Å². The smallest absolute Gasteiger partial charge is 0.237 e. The molecule has 0 aliphatic rings. The van der Waals surface area contributed by atoms with Gasteiger partial charge in [0.25, 0.3) is 0 Å². The minimum absolute atomic E-state index is 0.0412. The summed E-state index contributed by atoms with van der Waals surface area (Å²) in [6.45, 7) is 3.89. The molecule has 2 aromatic carbocycles. The molecule has 1 atom stereocenters. The first-order valence-corrected chi connectivity index (χ1v) is 8.55. The molecule has 0 heterocycles. The summed E-state index contributed by atoms with van der Waals surface area (Å²) in [5.74, 6) is 0.740. The van der Waals surface area contributed by atoms with Crippen LogP contribution in [-0.2, 0) is 4.79 Å². The summed E-state index contributed by atoms with van der Waals surface area (Å²) in [5, 5.41) is 2.72. The Kier molecular flexibility index (Phi) is 5.91. The third-order valence-electron chi connectivity index (χ3n) is 3.12. The number of carbonyl (C=O) groups is 1. The minimum Gasteiger partial charge on any atom is -0.496 e. The Morgan fingerprint density at radius 2 is 2.00 bits per heavy atom. The van der Waals surface area contributed by atoms with Gasteiger partial charge in [-0.3, -0.25) is 4.79 Å². The molecule has 0 radical (unpaired) electrons. The molecule has 0 saturated carbocycles. The van der Waals surface area contributed by atoms with Gasteiger partial charge in [0, 0.05) is 4.47 Å². The van der Waals surface area contributed by atoms with Gasteiger partial charge in [0.2, 0.25) is 5.91 Å². The van der Waals surface area contributed by atoms with Crippen LogP contribution in [0.15, 0.2) is 51.8 Å². The minimum atomic E-state index is -0.232. The number of thioether (sulfide) groups is 1. The summed E-state index contributed by atoms with van der Waals surface area (Å²) in [4.78, 5) is 13.3. The SMILES string of the molecule is COc1ccccc1SC(C)C(=O)Nc1ccc(C)cc1Br. The van der Waals surface area contributed by atoms with Crippen LogP contribution in [-0.4, -0.2) is 18.3 Å². The van der Waals surface area contributed by atoms with E-state index < -0.39 is 0 Å². The lowest BCUT2D eigenvalue weighted by atomic mass is 10.2. The number of benzene rings is 2. The van der Waals surface area contributed by atoms with E-state index in [9.17, 15) is 4.79 Å². The first-order valence-electron chi connectivity index (χ1n) is 6.88. The molecule has 1 unspecified atom stereocenters. The molecule has 1 amide bonds. The van der Waals surface area contributed by atoms with Gasteiger partial charge in [-0.1, -0.05) is 18.2 Å². The number of ether oxygens (including phenoxy) is 1. The van der Waals surface area contributed by atoms with Crippen LogP contribution in [0.5, 0.6) is 5.75 Å². The van der Waals surface area contributed by atoms with Gasteiger partial charge >= 0.3 is 0 Å². The van der Waals surface area contributed by atoms with Gasteiger partial charge in [-0.25, -0.2) is 0 Å². The van der Waals surface area contributed by atoms with E-state index in [1.807, 2.05) is 56.3 Å². The van der Waals surface area contributed by atoms with Crippen molar-refractivity contribution in [3.05, 3.63) is 52.5 Å². The zero-order chi connectivity index (χ0) is 16.1. The van der Waals surface area contributed by atoms with Crippen molar-refractivity contribution >= 4 is 39.3 Å². The zero-order valence-corrected chi connectivity index (χ0v) is 15.1. The maximum atomic E-state index is 12.4. The number of halogens is 1. The lowest BCUT2D eigenvalue weighted by Crippen LogP contribution is -2.22. The monoisotopic (exact) mass is 379 g/mol. The fourth-order valence-electron chi connectivity index (χ4n) is 1.92. The molecule has 2 rings (SSSR count). The summed E-state index contributed by atoms with van der Waals surface area (Å²) in [7, 11) is 1.63. The molecule has 0 aliphatic heterocycles. The molecular formula is C17H18BrNO2S. The van der Waals surface area contributed by atoms with E-state index in [4.69, 9.17) is 4.74 Å². The van der Waals surface area contributed by atoms with Crippen molar-refractivity contribution in [1.82, 2.24) is 0 Å². The number of methoxy groups -OCH3 is 1. The molecule has 0 saturated heterocycles. The number of hydrogen-bond donors (Lipinski definition) is 1. The number of aryl methyl sites for hydroxylation is 1. The molecule has 0 fully saturated rings. The van der Waals surface area contributed by atoms with Gasteiger partial charge < -0.3 is 10.1 Å². The summed E-state index contributed by atoms with van der Waals surface area (Å²) in [6.07, 6.45) is 0. The summed E-state index contributed by atoms with van der Waals surface area (Å²) in [6, 6.07) is 13.5. The molecule has 0 aromatic heterocycles. The summed E-state index contributed by atoms with van der Waals surface area (Å²) in [5.41, 5.74) is 1.92. The van der Waals surface area contributed by atoms with Crippen molar-refractivity contribution in [3.63, 3.8) is 0 Å². The fraction of sp³-hybridized carbons (Fsp3) is 0.235. The maximum Gasteiger partial charge on any atom is 0.237 e. The molecule has 0 spiro atoms. The first-order chi connectivity index (χ1) is 10.5. The Morgan fingerprint density at radius 1 is 1.27 bits per heavy atom. The molecule has 3 nitrogen and oxygen atoms in total. The third-order valence-corrected chi connectivity index (χ3v) is 4.94. The Hall–Kier alpha value is -1.46. The van der Waals surface area contributed by atoms with E-state index in [1.54, 1.807) is 7.11 Å². The molecule has 2 aromatic rings. The van der Waals surface area contributed by atoms with Gasteiger partial charge in [0.1, 0.15) is 5.75 Å². The molecular weight excluding hydrogens is 362 g/mol. The highest BCUT2D eigenvalue weighted by atomic mass is 79.9. The largest absolute Gasteiger partial charge is 0.496 e. The number of hydrogen-bond acceptors (Lipinski definition) is 3. The van der Waals surface area contributed by atoms with Gasteiger partial charge in [0.15, 0.2) is 0 Å². The highest BCUT2D eigenvalue weighted by Gasteiger charge is 2.17. The molecule has 116 valence electrons. The van der Waals surface area contributed by atoms with Crippen LogP contribution < -0.4 is 10.1 Å². The number of para-hydroxylation sites is 1. The van der Waals surface area contributed by atoms with Crippen molar-refractivity contribution in [1.29, 1.82) is 0 Å². The van der Waals surface area contributed by atoms with Gasteiger partial charge in [-0.05, 0) is 59.6 Å². The van der Waals surface area contributed by atoms with Crippen molar-refractivity contribution in [3.8, 4) is 5.75 Å². The van der Waals surface area contributed by atoms with Crippen molar-refractivity contribution < 1.29 is 9.53 Å². The van der Waals surface area contributed by atoms with E-state index in [0.717, 1.165) is 26.4 Å². The number of nitrogens with one attached hydrogen (secondary N) is 1. The predicted octanol–water partition coefficient (Wildman–Crippen LogP) is 4.89. The Balaban J connectivity index is 2.06. The van der Waals surface area contributed by atoms with Crippen LogP contribution >= 0.6 is 27.7 Å². The molecule has 1 N–H and O–H groups in total. The molecule has 0 aliphatic carbocycles. The highest BCUT2D eigenvalue weighted by molar-refractivity contribution is 9.10. The normalized spacial score (nSPS) is 11.8. The van der Waals surface area contributed by atoms with Gasteiger partial charge in [-0.2, -0.15) is 0 Å². The van der Waals surface area contributed by atoms with E-state index in [2.05, 4.69) is 21.2 Å². The quantitative estimate of drug-likeness (QED) is 0.751. The van der Waals surface area contributed by atoms with Crippen LogP contribution in [0.25, 0.3) is 0 Å². The predicted molar refractivity (Wildman–Crippen MR) is 95.8 cm³/mol. The number of anilines is 1. The maximum absolute atomic E-state index is 12.4. The number of rotatable bonds is 5.